The van der Waals surface area contributed by atoms with E-state index in [1.54, 1.807) is 7.11 Å². The Morgan fingerprint density at radius 1 is 1.04 bits per heavy atom. The molecule has 0 unspecified atom stereocenters. The zero-order chi connectivity index (χ0) is 17.4. The highest BCUT2D eigenvalue weighted by Gasteiger charge is 1.98. The number of methoxy groups -OCH3 is 1. The fourth-order valence-electron chi connectivity index (χ4n) is 2.13. The molecule has 0 aromatic heterocycles. The van der Waals surface area contributed by atoms with Crippen LogP contribution in [0.1, 0.15) is 12.5 Å². The zero-order valence-corrected chi connectivity index (χ0v) is 16.6. The van der Waals surface area contributed by atoms with Crippen LogP contribution < -0.4 is 21.1 Å². The van der Waals surface area contributed by atoms with Gasteiger partial charge in [0.25, 0.3) is 0 Å². The van der Waals surface area contributed by atoms with Gasteiger partial charge in [-0.1, -0.05) is 12.1 Å². The summed E-state index contributed by atoms with van der Waals surface area (Å²) in [6, 6.07) is 15.1. The molecule has 4 N–H and O–H groups in total. The highest BCUT2D eigenvalue weighted by Crippen LogP contribution is 2.14. The van der Waals surface area contributed by atoms with Crippen molar-refractivity contribution >= 4 is 47.2 Å². The molecule has 0 aliphatic carbocycles. The van der Waals surface area contributed by atoms with Gasteiger partial charge in [0.05, 0.1) is 7.11 Å². The molecule has 6 nitrogen and oxygen atoms in total. The smallest absolute Gasteiger partial charge is 0.221 e. The number of carbonyl (C=O) groups is 1. The number of carbonyl (C=O) groups excluding carboxylic acids is 1. The Bertz CT molecular complexity index is 700. The van der Waals surface area contributed by atoms with E-state index < -0.39 is 0 Å². The number of guanidine groups is 1. The summed E-state index contributed by atoms with van der Waals surface area (Å²) in [4.78, 5) is 15.3. The van der Waals surface area contributed by atoms with Crippen LogP contribution in [0, 0.1) is 0 Å². The molecule has 1 amide bonds. The summed E-state index contributed by atoms with van der Waals surface area (Å²) < 4.78 is 5.11. The molecule has 2 aromatic carbocycles. The van der Waals surface area contributed by atoms with E-state index in [1.165, 1.54) is 6.92 Å². The summed E-state index contributed by atoms with van der Waals surface area (Å²) in [6.07, 6.45) is 0.769. The molecule has 2 aromatic rings. The van der Waals surface area contributed by atoms with E-state index in [2.05, 4.69) is 15.6 Å². The predicted octanol–water partition coefficient (Wildman–Crippen LogP) is 3.24. The minimum atomic E-state index is -0.0790. The normalized spacial score (nSPS) is 10.6. The summed E-state index contributed by atoms with van der Waals surface area (Å²) in [7, 11) is 1.63. The van der Waals surface area contributed by atoms with Crippen molar-refractivity contribution < 1.29 is 9.53 Å². The van der Waals surface area contributed by atoms with Crippen molar-refractivity contribution in [1.29, 1.82) is 0 Å². The molecule has 0 bridgehead atoms. The number of anilines is 2. The minimum Gasteiger partial charge on any atom is -0.497 e. The minimum absolute atomic E-state index is 0. The third-order valence-electron chi connectivity index (χ3n) is 3.32. The molecule has 25 heavy (non-hydrogen) atoms. The van der Waals surface area contributed by atoms with Gasteiger partial charge in [-0.25, -0.2) is 0 Å². The van der Waals surface area contributed by atoms with Crippen LogP contribution in [0.5, 0.6) is 5.75 Å². The van der Waals surface area contributed by atoms with E-state index in [9.17, 15) is 4.79 Å². The number of halogens is 1. The van der Waals surface area contributed by atoms with Gasteiger partial charge in [0.1, 0.15) is 5.75 Å². The molecule has 0 saturated heterocycles. The lowest BCUT2D eigenvalue weighted by atomic mass is 10.1. The summed E-state index contributed by atoms with van der Waals surface area (Å²) in [5.74, 6) is 1.08. The number of nitrogens with one attached hydrogen (secondary N) is 2. The molecule has 2 rings (SSSR count). The van der Waals surface area contributed by atoms with E-state index in [0.29, 0.717) is 12.5 Å². The molecule has 0 fully saturated rings. The Labute approximate surface area is 164 Å². The van der Waals surface area contributed by atoms with Crippen molar-refractivity contribution in [3.05, 3.63) is 54.1 Å². The van der Waals surface area contributed by atoms with Crippen LogP contribution in [-0.2, 0) is 11.2 Å². The van der Waals surface area contributed by atoms with Gasteiger partial charge in [-0.2, -0.15) is 0 Å². The maximum Gasteiger partial charge on any atom is 0.221 e. The standard InChI is InChI=1S/C18H22N4O2.HI/c1-13(23)21-15-5-3-14(4-6-15)11-12-20-18(19)22-16-7-9-17(24-2)10-8-16;/h3-10H,11-12H2,1-2H3,(H,21,23)(H3,19,20,22);1H. The Morgan fingerprint density at radius 3 is 2.16 bits per heavy atom. The van der Waals surface area contributed by atoms with E-state index in [1.807, 2.05) is 48.5 Å². The van der Waals surface area contributed by atoms with E-state index >= 15 is 0 Å². The van der Waals surface area contributed by atoms with Gasteiger partial charge in [0, 0.05) is 24.8 Å². The van der Waals surface area contributed by atoms with E-state index in [4.69, 9.17) is 10.5 Å². The number of nitrogens with zero attached hydrogens (tertiary/aromatic N) is 1. The van der Waals surface area contributed by atoms with Crippen LogP contribution >= 0.6 is 24.0 Å². The van der Waals surface area contributed by atoms with Gasteiger partial charge >= 0.3 is 0 Å². The van der Waals surface area contributed by atoms with Gasteiger partial charge in [-0.15, -0.1) is 24.0 Å². The van der Waals surface area contributed by atoms with Gasteiger partial charge in [-0.05, 0) is 48.4 Å². The van der Waals surface area contributed by atoms with E-state index in [0.717, 1.165) is 29.1 Å². The topological polar surface area (TPSA) is 88.7 Å². The Hall–Kier alpha value is -2.29. The van der Waals surface area contributed by atoms with Gasteiger partial charge in [-0.3, -0.25) is 9.79 Å². The first-order chi connectivity index (χ1) is 11.6. The molecular weight excluding hydrogens is 431 g/mol. The summed E-state index contributed by atoms with van der Waals surface area (Å²) in [5, 5.41) is 5.77. The molecule has 0 spiro atoms. The fraction of sp³-hybridized carbons (Fsp3) is 0.222. The highest BCUT2D eigenvalue weighted by atomic mass is 127. The number of amides is 1. The largest absolute Gasteiger partial charge is 0.497 e. The van der Waals surface area contributed by atoms with Gasteiger partial charge in [0.15, 0.2) is 5.96 Å². The van der Waals surface area contributed by atoms with Crippen molar-refractivity contribution in [1.82, 2.24) is 0 Å². The van der Waals surface area contributed by atoms with Crippen LogP contribution in [0.25, 0.3) is 0 Å². The Morgan fingerprint density at radius 2 is 1.60 bits per heavy atom. The number of rotatable bonds is 6. The summed E-state index contributed by atoms with van der Waals surface area (Å²) in [6.45, 7) is 2.07. The first-order valence-electron chi connectivity index (χ1n) is 7.64. The monoisotopic (exact) mass is 454 g/mol. The fourth-order valence-corrected chi connectivity index (χ4v) is 2.13. The van der Waals surface area contributed by atoms with Crippen molar-refractivity contribution in [3.63, 3.8) is 0 Å². The molecule has 0 aliphatic rings. The molecule has 0 aliphatic heterocycles. The Kier molecular flexibility index (Phi) is 8.76. The quantitative estimate of drug-likeness (QED) is 0.355. The molecular formula is C18H23IN4O2. The van der Waals surface area contributed by atoms with Crippen molar-refractivity contribution in [2.75, 3.05) is 24.3 Å². The number of nitrogens with two attached hydrogens (primary N) is 1. The van der Waals surface area contributed by atoms with Crippen LogP contribution in [0.2, 0.25) is 0 Å². The van der Waals surface area contributed by atoms with Crippen LogP contribution in [0.15, 0.2) is 53.5 Å². The number of benzene rings is 2. The predicted molar refractivity (Wildman–Crippen MR) is 113 cm³/mol. The molecule has 134 valence electrons. The number of aliphatic imine (C=N–C) groups is 1. The molecule has 0 saturated carbocycles. The molecule has 0 heterocycles. The van der Waals surface area contributed by atoms with Crippen molar-refractivity contribution in [2.24, 2.45) is 10.7 Å². The first kappa shape index (κ1) is 20.8. The molecule has 7 heteroatoms. The average molecular weight is 454 g/mol. The maximum atomic E-state index is 11.0. The SMILES string of the molecule is COc1ccc(NC(N)=NCCc2ccc(NC(C)=O)cc2)cc1.I. The summed E-state index contributed by atoms with van der Waals surface area (Å²) in [5.41, 5.74) is 8.65. The molecule has 0 radical (unpaired) electrons. The van der Waals surface area contributed by atoms with Gasteiger partial charge in [0.2, 0.25) is 5.91 Å². The lowest BCUT2D eigenvalue weighted by Crippen LogP contribution is -2.23. The lowest BCUT2D eigenvalue weighted by Gasteiger charge is -2.07. The van der Waals surface area contributed by atoms with Crippen molar-refractivity contribution in [2.45, 2.75) is 13.3 Å². The second kappa shape index (κ2) is 10.5. The van der Waals surface area contributed by atoms with E-state index in [-0.39, 0.29) is 29.9 Å². The average Bonchev–Trinajstić information content (AvgIpc) is 2.57. The summed E-state index contributed by atoms with van der Waals surface area (Å²) >= 11 is 0. The van der Waals surface area contributed by atoms with Gasteiger partial charge < -0.3 is 21.1 Å². The zero-order valence-electron chi connectivity index (χ0n) is 14.3. The second-order valence-corrected chi connectivity index (χ2v) is 5.25. The first-order valence-corrected chi connectivity index (χ1v) is 7.64. The van der Waals surface area contributed by atoms with Crippen LogP contribution in [-0.4, -0.2) is 25.5 Å². The lowest BCUT2D eigenvalue weighted by molar-refractivity contribution is -0.114. The third-order valence-corrected chi connectivity index (χ3v) is 3.32. The van der Waals surface area contributed by atoms with Crippen LogP contribution in [0.4, 0.5) is 11.4 Å². The number of hydrogen-bond donors (Lipinski definition) is 3. The maximum absolute atomic E-state index is 11.0. The molecule has 0 atom stereocenters. The van der Waals surface area contributed by atoms with Crippen molar-refractivity contribution in [3.8, 4) is 5.75 Å². The number of hydrogen-bond acceptors (Lipinski definition) is 3. The highest BCUT2D eigenvalue weighted by molar-refractivity contribution is 14.0. The third kappa shape index (κ3) is 7.42. The van der Waals surface area contributed by atoms with Crippen LogP contribution in [0.3, 0.4) is 0 Å². The Balaban J connectivity index is 0.00000312. The second-order valence-electron chi connectivity index (χ2n) is 5.25. The number of ether oxygens (including phenoxy) is 1.